The zero-order valence-corrected chi connectivity index (χ0v) is 14.3. The monoisotopic (exact) mass is 356 g/mol. The molecule has 0 unspecified atom stereocenters. The van der Waals surface area contributed by atoms with Gasteiger partial charge in [-0.3, -0.25) is 10.1 Å². The zero-order valence-electron chi connectivity index (χ0n) is 14.3. The highest BCUT2D eigenvalue weighted by Crippen LogP contribution is 2.28. The molecule has 6 heteroatoms. The van der Waals surface area contributed by atoms with Crippen LogP contribution in [0.2, 0.25) is 0 Å². The van der Waals surface area contributed by atoms with Crippen molar-refractivity contribution in [2.45, 2.75) is 0 Å². The standard InChI is InChI=1S/C21H16N4O2/c26-25(27)19-13-7-12-18(14-19)24-21(22-17-10-5-2-6-11-17)15-20(23-24)16-8-3-1-4-9-16/h1-15,22H. The second-order valence-electron chi connectivity index (χ2n) is 5.96. The predicted octanol–water partition coefficient (Wildman–Crippen LogP) is 5.19. The Kier molecular flexibility index (Phi) is 4.37. The Morgan fingerprint density at radius 1 is 0.852 bits per heavy atom. The lowest BCUT2D eigenvalue weighted by molar-refractivity contribution is -0.384. The van der Waals surface area contributed by atoms with Crippen LogP contribution in [-0.4, -0.2) is 14.7 Å². The van der Waals surface area contributed by atoms with E-state index in [1.165, 1.54) is 12.1 Å². The fourth-order valence-corrected chi connectivity index (χ4v) is 2.82. The summed E-state index contributed by atoms with van der Waals surface area (Å²) in [6, 6.07) is 27.9. The first-order valence-corrected chi connectivity index (χ1v) is 8.43. The molecular formula is C21H16N4O2. The molecule has 0 radical (unpaired) electrons. The lowest BCUT2D eigenvalue weighted by atomic mass is 10.1. The molecule has 1 N–H and O–H groups in total. The average Bonchev–Trinajstić information content (AvgIpc) is 3.13. The Labute approximate surface area is 155 Å². The van der Waals surface area contributed by atoms with Gasteiger partial charge in [0.1, 0.15) is 5.82 Å². The van der Waals surface area contributed by atoms with Crippen molar-refractivity contribution < 1.29 is 4.92 Å². The van der Waals surface area contributed by atoms with Crippen molar-refractivity contribution in [1.29, 1.82) is 0 Å². The molecule has 6 nitrogen and oxygen atoms in total. The third kappa shape index (κ3) is 3.55. The molecule has 4 rings (SSSR count). The van der Waals surface area contributed by atoms with Crippen LogP contribution in [0.4, 0.5) is 17.2 Å². The molecule has 0 fully saturated rings. The van der Waals surface area contributed by atoms with Gasteiger partial charge < -0.3 is 5.32 Å². The van der Waals surface area contributed by atoms with Gasteiger partial charge in [0, 0.05) is 29.4 Å². The molecular weight excluding hydrogens is 340 g/mol. The molecule has 0 saturated carbocycles. The van der Waals surface area contributed by atoms with Crippen LogP contribution in [0.5, 0.6) is 0 Å². The summed E-state index contributed by atoms with van der Waals surface area (Å²) in [5.41, 5.74) is 3.29. The Bertz CT molecular complexity index is 1080. The first-order valence-electron chi connectivity index (χ1n) is 8.43. The smallest absolute Gasteiger partial charge is 0.271 e. The molecule has 0 atom stereocenters. The van der Waals surface area contributed by atoms with Gasteiger partial charge in [-0.15, -0.1) is 0 Å². The van der Waals surface area contributed by atoms with Crippen LogP contribution in [0.25, 0.3) is 16.9 Å². The van der Waals surface area contributed by atoms with Crippen LogP contribution >= 0.6 is 0 Å². The highest BCUT2D eigenvalue weighted by Gasteiger charge is 2.14. The molecule has 4 aromatic rings. The van der Waals surface area contributed by atoms with E-state index < -0.39 is 4.92 Å². The first-order chi connectivity index (χ1) is 13.2. The van der Waals surface area contributed by atoms with Crippen molar-refractivity contribution in [3.63, 3.8) is 0 Å². The maximum absolute atomic E-state index is 11.1. The fourth-order valence-electron chi connectivity index (χ4n) is 2.82. The van der Waals surface area contributed by atoms with Crippen molar-refractivity contribution in [3.05, 3.63) is 101 Å². The lowest BCUT2D eigenvalue weighted by Crippen LogP contribution is -2.03. The summed E-state index contributed by atoms with van der Waals surface area (Å²) >= 11 is 0. The third-order valence-electron chi connectivity index (χ3n) is 4.11. The number of anilines is 2. The van der Waals surface area contributed by atoms with E-state index in [1.807, 2.05) is 66.7 Å². The van der Waals surface area contributed by atoms with Gasteiger partial charge in [0.2, 0.25) is 0 Å². The number of nitro benzene ring substituents is 1. The molecule has 1 heterocycles. The predicted molar refractivity (Wildman–Crippen MR) is 105 cm³/mol. The zero-order chi connectivity index (χ0) is 18.6. The molecule has 0 aliphatic carbocycles. The summed E-state index contributed by atoms with van der Waals surface area (Å²) in [7, 11) is 0. The summed E-state index contributed by atoms with van der Waals surface area (Å²) in [6.07, 6.45) is 0. The van der Waals surface area contributed by atoms with Gasteiger partial charge in [-0.2, -0.15) is 5.10 Å². The molecule has 0 saturated heterocycles. The van der Waals surface area contributed by atoms with Gasteiger partial charge in [-0.1, -0.05) is 54.6 Å². The van der Waals surface area contributed by atoms with Crippen LogP contribution < -0.4 is 5.32 Å². The molecule has 132 valence electrons. The van der Waals surface area contributed by atoms with E-state index in [1.54, 1.807) is 16.8 Å². The van der Waals surface area contributed by atoms with E-state index in [0.29, 0.717) is 5.69 Å². The number of nitro groups is 1. The van der Waals surface area contributed by atoms with Crippen molar-refractivity contribution >= 4 is 17.2 Å². The Balaban J connectivity index is 1.82. The van der Waals surface area contributed by atoms with Crippen molar-refractivity contribution in [2.75, 3.05) is 5.32 Å². The van der Waals surface area contributed by atoms with Crippen LogP contribution in [-0.2, 0) is 0 Å². The molecule has 0 aliphatic rings. The third-order valence-corrected chi connectivity index (χ3v) is 4.11. The van der Waals surface area contributed by atoms with Gasteiger partial charge in [0.25, 0.3) is 5.69 Å². The summed E-state index contributed by atoms with van der Waals surface area (Å²) in [6.45, 7) is 0. The number of rotatable bonds is 5. The van der Waals surface area contributed by atoms with Gasteiger partial charge >= 0.3 is 0 Å². The van der Waals surface area contributed by atoms with E-state index in [2.05, 4.69) is 10.4 Å². The summed E-state index contributed by atoms with van der Waals surface area (Å²) in [4.78, 5) is 10.7. The largest absolute Gasteiger partial charge is 0.340 e. The number of nitrogens with zero attached hydrogens (tertiary/aromatic N) is 3. The number of hydrogen-bond acceptors (Lipinski definition) is 4. The summed E-state index contributed by atoms with van der Waals surface area (Å²) in [5, 5.41) is 19.2. The van der Waals surface area contributed by atoms with Gasteiger partial charge in [0.05, 0.1) is 16.3 Å². The minimum atomic E-state index is -0.407. The molecule has 0 aliphatic heterocycles. The molecule has 0 spiro atoms. The van der Waals surface area contributed by atoms with E-state index in [0.717, 1.165) is 22.8 Å². The highest BCUT2D eigenvalue weighted by atomic mass is 16.6. The normalized spacial score (nSPS) is 10.5. The fraction of sp³-hybridized carbons (Fsp3) is 0. The average molecular weight is 356 g/mol. The van der Waals surface area contributed by atoms with Gasteiger partial charge in [-0.25, -0.2) is 4.68 Å². The van der Waals surface area contributed by atoms with E-state index in [-0.39, 0.29) is 5.69 Å². The molecule has 27 heavy (non-hydrogen) atoms. The number of non-ortho nitro benzene ring substituents is 1. The van der Waals surface area contributed by atoms with Crippen LogP contribution in [0.15, 0.2) is 91.0 Å². The number of benzene rings is 3. The highest BCUT2D eigenvalue weighted by molar-refractivity contribution is 5.68. The minimum absolute atomic E-state index is 0.0231. The van der Waals surface area contributed by atoms with E-state index in [4.69, 9.17) is 0 Å². The molecule has 3 aromatic carbocycles. The Hall–Kier alpha value is -3.93. The number of aromatic nitrogens is 2. The topological polar surface area (TPSA) is 73.0 Å². The summed E-state index contributed by atoms with van der Waals surface area (Å²) < 4.78 is 1.68. The second-order valence-corrected chi connectivity index (χ2v) is 5.96. The maximum atomic E-state index is 11.1. The lowest BCUT2D eigenvalue weighted by Gasteiger charge is -2.09. The maximum Gasteiger partial charge on any atom is 0.271 e. The van der Waals surface area contributed by atoms with Gasteiger partial charge in [0.15, 0.2) is 0 Å². The molecule has 0 amide bonds. The van der Waals surface area contributed by atoms with Crippen LogP contribution in [0.1, 0.15) is 0 Å². The van der Waals surface area contributed by atoms with Crippen LogP contribution in [0.3, 0.4) is 0 Å². The minimum Gasteiger partial charge on any atom is -0.340 e. The quantitative estimate of drug-likeness (QED) is 0.394. The van der Waals surface area contributed by atoms with E-state index in [9.17, 15) is 10.1 Å². The SMILES string of the molecule is O=[N+]([O-])c1cccc(-n2nc(-c3ccccc3)cc2Nc2ccccc2)c1. The molecule has 1 aromatic heterocycles. The van der Waals surface area contributed by atoms with E-state index >= 15 is 0 Å². The number of para-hydroxylation sites is 1. The molecule has 0 bridgehead atoms. The van der Waals surface area contributed by atoms with Crippen molar-refractivity contribution in [3.8, 4) is 16.9 Å². The van der Waals surface area contributed by atoms with Gasteiger partial charge in [-0.05, 0) is 18.2 Å². The summed E-state index contributed by atoms with van der Waals surface area (Å²) in [5.74, 6) is 0.723. The van der Waals surface area contributed by atoms with Crippen molar-refractivity contribution in [2.24, 2.45) is 0 Å². The second kappa shape index (κ2) is 7.13. The Morgan fingerprint density at radius 2 is 1.56 bits per heavy atom. The van der Waals surface area contributed by atoms with Crippen molar-refractivity contribution in [1.82, 2.24) is 9.78 Å². The number of hydrogen-bond donors (Lipinski definition) is 1. The Morgan fingerprint density at radius 3 is 2.26 bits per heavy atom. The number of nitrogens with one attached hydrogen (secondary N) is 1. The van der Waals surface area contributed by atoms with Crippen LogP contribution in [0, 0.1) is 10.1 Å². The first kappa shape index (κ1) is 16.5.